The minimum absolute atomic E-state index is 0.206. The Hall–Kier alpha value is -1.36. The number of halogens is 1. The minimum atomic E-state index is -0.338. The zero-order valence-electron chi connectivity index (χ0n) is 13.1. The van der Waals surface area contributed by atoms with Gasteiger partial charge in [-0.15, -0.1) is 0 Å². The van der Waals surface area contributed by atoms with E-state index in [-0.39, 0.29) is 24.8 Å². The third-order valence-corrected chi connectivity index (χ3v) is 3.52. The van der Waals surface area contributed by atoms with Gasteiger partial charge in [-0.1, -0.05) is 29.8 Å². The highest BCUT2D eigenvalue weighted by Gasteiger charge is 2.08. The van der Waals surface area contributed by atoms with Crippen molar-refractivity contribution in [3.05, 3.63) is 28.7 Å². The maximum Gasteiger partial charge on any atom is 0.311 e. The van der Waals surface area contributed by atoms with Crippen LogP contribution in [0.1, 0.15) is 46.0 Å². The topological polar surface area (TPSA) is 52.6 Å². The summed E-state index contributed by atoms with van der Waals surface area (Å²) in [6, 6.07) is 7.03. The summed E-state index contributed by atoms with van der Waals surface area (Å²) < 4.78 is 11.2. The van der Waals surface area contributed by atoms with Gasteiger partial charge in [-0.3, -0.25) is 9.59 Å². The van der Waals surface area contributed by atoms with Crippen molar-refractivity contribution < 1.29 is 19.1 Å². The van der Waals surface area contributed by atoms with Crippen LogP contribution in [0, 0.1) is 5.92 Å². The summed E-state index contributed by atoms with van der Waals surface area (Å²) in [6.45, 7) is 4.73. The fourth-order valence-corrected chi connectivity index (χ4v) is 2.08. The average Bonchev–Trinajstić information content (AvgIpc) is 2.46. The minimum Gasteiger partial charge on any atom is -0.466 e. The Labute approximate surface area is 140 Å². The van der Waals surface area contributed by atoms with E-state index >= 15 is 0 Å². The standard InChI is InChI=1S/C17H23BrO4/c1-13(2)5-4-12-21-16(19)6-3-7-17(20)22-15-10-8-14(18)9-11-15/h8-11,13H,3-7,12H2,1-2H3. The number of carbonyl (C=O) groups is 2. The second-order valence-corrected chi connectivity index (χ2v) is 6.45. The summed E-state index contributed by atoms with van der Waals surface area (Å²) in [7, 11) is 0. The third-order valence-electron chi connectivity index (χ3n) is 3.00. The summed E-state index contributed by atoms with van der Waals surface area (Å²) >= 11 is 3.31. The largest absolute Gasteiger partial charge is 0.466 e. The molecule has 0 aliphatic carbocycles. The van der Waals surface area contributed by atoms with E-state index in [1.54, 1.807) is 24.3 Å². The van der Waals surface area contributed by atoms with Gasteiger partial charge < -0.3 is 9.47 Å². The lowest BCUT2D eigenvalue weighted by molar-refractivity contribution is -0.144. The van der Waals surface area contributed by atoms with Crippen LogP contribution < -0.4 is 4.74 Å². The van der Waals surface area contributed by atoms with Crippen LogP contribution in [0.2, 0.25) is 0 Å². The van der Waals surface area contributed by atoms with Gasteiger partial charge in [0.25, 0.3) is 0 Å². The Morgan fingerprint density at radius 1 is 1.05 bits per heavy atom. The first-order chi connectivity index (χ1) is 10.5. The SMILES string of the molecule is CC(C)CCCOC(=O)CCCC(=O)Oc1ccc(Br)cc1. The van der Waals surface area contributed by atoms with E-state index in [0.717, 1.165) is 17.3 Å². The molecule has 4 nitrogen and oxygen atoms in total. The van der Waals surface area contributed by atoms with E-state index in [1.807, 2.05) is 0 Å². The summed E-state index contributed by atoms with van der Waals surface area (Å²) in [6.07, 6.45) is 2.83. The molecule has 0 aliphatic heterocycles. The number of benzene rings is 1. The predicted octanol–water partition coefficient (Wildman–Crippen LogP) is 4.50. The highest BCUT2D eigenvalue weighted by molar-refractivity contribution is 9.10. The number of hydrogen-bond donors (Lipinski definition) is 0. The van der Waals surface area contributed by atoms with Crippen molar-refractivity contribution in [2.24, 2.45) is 5.92 Å². The quantitative estimate of drug-likeness (QED) is 0.364. The molecular formula is C17H23BrO4. The molecule has 0 atom stereocenters. The molecular weight excluding hydrogens is 348 g/mol. The van der Waals surface area contributed by atoms with Crippen molar-refractivity contribution in [1.29, 1.82) is 0 Å². The first-order valence-electron chi connectivity index (χ1n) is 7.59. The van der Waals surface area contributed by atoms with Crippen molar-refractivity contribution in [2.45, 2.75) is 46.0 Å². The second kappa shape index (κ2) is 10.4. The number of rotatable bonds is 9. The molecule has 22 heavy (non-hydrogen) atoms. The van der Waals surface area contributed by atoms with Crippen LogP contribution >= 0.6 is 15.9 Å². The van der Waals surface area contributed by atoms with Crippen LogP contribution in [-0.2, 0) is 14.3 Å². The Kier molecular flexibility index (Phi) is 8.82. The van der Waals surface area contributed by atoms with Crippen LogP contribution in [0.15, 0.2) is 28.7 Å². The first-order valence-corrected chi connectivity index (χ1v) is 8.38. The third kappa shape index (κ3) is 8.82. The van der Waals surface area contributed by atoms with E-state index in [2.05, 4.69) is 29.8 Å². The van der Waals surface area contributed by atoms with Gasteiger partial charge in [-0.2, -0.15) is 0 Å². The molecule has 0 amide bonds. The molecule has 0 radical (unpaired) electrons. The zero-order valence-corrected chi connectivity index (χ0v) is 14.7. The number of hydrogen-bond acceptors (Lipinski definition) is 4. The van der Waals surface area contributed by atoms with Crippen LogP contribution in [0.3, 0.4) is 0 Å². The number of esters is 2. The van der Waals surface area contributed by atoms with Crippen molar-refractivity contribution in [3.63, 3.8) is 0 Å². The Morgan fingerprint density at radius 2 is 1.68 bits per heavy atom. The van der Waals surface area contributed by atoms with Gasteiger partial charge in [0.1, 0.15) is 5.75 Å². The van der Waals surface area contributed by atoms with Gasteiger partial charge in [0.15, 0.2) is 0 Å². The molecule has 5 heteroatoms. The van der Waals surface area contributed by atoms with Gasteiger partial charge >= 0.3 is 11.9 Å². The lowest BCUT2D eigenvalue weighted by Gasteiger charge is -2.07. The van der Waals surface area contributed by atoms with E-state index in [0.29, 0.717) is 24.7 Å². The highest BCUT2D eigenvalue weighted by atomic mass is 79.9. The fraction of sp³-hybridized carbons (Fsp3) is 0.529. The monoisotopic (exact) mass is 370 g/mol. The van der Waals surface area contributed by atoms with E-state index in [1.165, 1.54) is 0 Å². The molecule has 0 spiro atoms. The summed E-state index contributed by atoms with van der Waals surface area (Å²) in [5.74, 6) is 0.534. The van der Waals surface area contributed by atoms with Gasteiger partial charge in [-0.05, 0) is 49.4 Å². The highest BCUT2D eigenvalue weighted by Crippen LogP contribution is 2.16. The lowest BCUT2D eigenvalue weighted by Crippen LogP contribution is -2.10. The molecule has 1 rings (SSSR count). The van der Waals surface area contributed by atoms with Crippen LogP contribution in [0.4, 0.5) is 0 Å². The van der Waals surface area contributed by atoms with Crippen LogP contribution in [0.25, 0.3) is 0 Å². The molecule has 0 saturated heterocycles. The molecule has 122 valence electrons. The summed E-state index contributed by atoms with van der Waals surface area (Å²) in [5, 5.41) is 0. The predicted molar refractivity (Wildman–Crippen MR) is 88.7 cm³/mol. The van der Waals surface area contributed by atoms with E-state index in [9.17, 15) is 9.59 Å². The Morgan fingerprint density at radius 3 is 2.32 bits per heavy atom. The molecule has 0 unspecified atom stereocenters. The number of carbonyl (C=O) groups excluding carboxylic acids is 2. The second-order valence-electron chi connectivity index (χ2n) is 5.54. The van der Waals surface area contributed by atoms with Gasteiger partial charge in [0.2, 0.25) is 0 Å². The zero-order chi connectivity index (χ0) is 16.4. The van der Waals surface area contributed by atoms with Crippen molar-refractivity contribution in [3.8, 4) is 5.75 Å². The summed E-state index contributed by atoms with van der Waals surface area (Å²) in [4.78, 5) is 23.1. The Bertz CT molecular complexity index is 468. The number of ether oxygens (including phenoxy) is 2. The van der Waals surface area contributed by atoms with Gasteiger partial charge in [-0.25, -0.2) is 0 Å². The average molecular weight is 371 g/mol. The molecule has 1 aromatic carbocycles. The van der Waals surface area contributed by atoms with Crippen molar-refractivity contribution in [2.75, 3.05) is 6.61 Å². The van der Waals surface area contributed by atoms with Gasteiger partial charge in [0, 0.05) is 17.3 Å². The molecule has 0 bridgehead atoms. The molecule has 0 fully saturated rings. The normalized spacial score (nSPS) is 10.5. The van der Waals surface area contributed by atoms with E-state index in [4.69, 9.17) is 9.47 Å². The van der Waals surface area contributed by atoms with Crippen LogP contribution in [0.5, 0.6) is 5.75 Å². The lowest BCUT2D eigenvalue weighted by atomic mass is 10.1. The smallest absolute Gasteiger partial charge is 0.311 e. The molecule has 0 aromatic heterocycles. The first kappa shape index (κ1) is 18.7. The van der Waals surface area contributed by atoms with E-state index < -0.39 is 0 Å². The molecule has 1 aromatic rings. The summed E-state index contributed by atoms with van der Waals surface area (Å²) in [5.41, 5.74) is 0. The molecule has 0 saturated carbocycles. The molecule has 0 heterocycles. The maximum atomic E-state index is 11.6. The maximum absolute atomic E-state index is 11.6. The van der Waals surface area contributed by atoms with Crippen molar-refractivity contribution >= 4 is 27.9 Å². The van der Waals surface area contributed by atoms with Gasteiger partial charge in [0.05, 0.1) is 6.61 Å². The fourth-order valence-electron chi connectivity index (χ4n) is 1.81. The molecule has 0 aliphatic rings. The van der Waals surface area contributed by atoms with Crippen LogP contribution in [-0.4, -0.2) is 18.5 Å². The van der Waals surface area contributed by atoms with Crippen molar-refractivity contribution in [1.82, 2.24) is 0 Å². The Balaban J connectivity index is 2.11. The molecule has 0 N–H and O–H groups in total.